The van der Waals surface area contributed by atoms with Gasteiger partial charge in [0.25, 0.3) is 0 Å². The van der Waals surface area contributed by atoms with E-state index in [4.69, 9.17) is 6.42 Å². The van der Waals surface area contributed by atoms with E-state index in [2.05, 4.69) is 5.92 Å². The van der Waals surface area contributed by atoms with Crippen molar-refractivity contribution in [1.29, 1.82) is 0 Å². The summed E-state index contributed by atoms with van der Waals surface area (Å²) in [6.45, 7) is 5.67. The van der Waals surface area contributed by atoms with Crippen molar-refractivity contribution in [2.24, 2.45) is 0 Å². The molecule has 3 nitrogen and oxygen atoms in total. The molecule has 0 aromatic heterocycles. The molecule has 0 saturated carbocycles. The number of hydrogen-bond donors (Lipinski definition) is 0. The number of sulfonamides is 1. The van der Waals surface area contributed by atoms with Crippen molar-refractivity contribution in [3.8, 4) is 12.3 Å². The Hall–Kier alpha value is -0.530. The van der Waals surface area contributed by atoms with Crippen LogP contribution in [0.2, 0.25) is 0 Å². The van der Waals surface area contributed by atoms with E-state index in [1.807, 2.05) is 0 Å². The minimum absolute atomic E-state index is 0.164. The Morgan fingerprint density at radius 3 is 2.25 bits per heavy atom. The summed E-state index contributed by atoms with van der Waals surface area (Å²) in [5.74, 6) is 2.33. The van der Waals surface area contributed by atoms with Gasteiger partial charge in [0.2, 0.25) is 10.0 Å². The van der Waals surface area contributed by atoms with Crippen molar-refractivity contribution < 1.29 is 8.42 Å². The zero-order valence-electron chi connectivity index (χ0n) is 7.74. The third-order valence-corrected chi connectivity index (χ3v) is 3.87. The van der Waals surface area contributed by atoms with Crippen LogP contribution in [-0.4, -0.2) is 31.1 Å². The lowest BCUT2D eigenvalue weighted by Gasteiger charge is -2.19. The van der Waals surface area contributed by atoms with Crippen molar-refractivity contribution in [3.05, 3.63) is 0 Å². The molecule has 0 heterocycles. The highest BCUT2D eigenvalue weighted by Crippen LogP contribution is 2.06. The van der Waals surface area contributed by atoms with Crippen LogP contribution in [-0.2, 0) is 10.0 Å². The minimum Gasteiger partial charge on any atom is -0.212 e. The van der Waals surface area contributed by atoms with Crippen LogP contribution in [0.15, 0.2) is 0 Å². The Bertz CT molecular complexity index is 261. The fourth-order valence-electron chi connectivity index (χ4n) is 0.782. The molecule has 70 valence electrons. The highest BCUT2D eigenvalue weighted by Gasteiger charge is 2.22. The largest absolute Gasteiger partial charge is 0.217 e. The molecule has 0 unspecified atom stereocenters. The van der Waals surface area contributed by atoms with Gasteiger partial charge in [0, 0.05) is 6.54 Å². The first-order chi connectivity index (χ1) is 5.46. The average Bonchev–Trinajstić information content (AvgIpc) is 1.99. The molecule has 0 N–H and O–H groups in total. The molecule has 0 atom stereocenters. The van der Waals surface area contributed by atoms with Gasteiger partial charge in [0.05, 0.1) is 11.8 Å². The fourth-order valence-corrected chi connectivity index (χ4v) is 1.99. The molecule has 0 aliphatic heterocycles. The van der Waals surface area contributed by atoms with Gasteiger partial charge in [0.1, 0.15) is 0 Å². The molecule has 0 aromatic rings. The molecular weight excluding hydrogens is 174 g/mol. The molecule has 0 saturated heterocycles. The monoisotopic (exact) mass is 189 g/mol. The molecule has 4 heteroatoms. The predicted molar refractivity (Wildman–Crippen MR) is 50.1 cm³/mol. The number of hydrogen-bond acceptors (Lipinski definition) is 2. The van der Waals surface area contributed by atoms with E-state index >= 15 is 0 Å². The first-order valence-electron chi connectivity index (χ1n) is 3.89. The smallest absolute Gasteiger partial charge is 0.212 e. The van der Waals surface area contributed by atoms with Crippen LogP contribution in [0.5, 0.6) is 0 Å². The third-order valence-electron chi connectivity index (χ3n) is 1.58. The third kappa shape index (κ3) is 2.50. The molecule has 0 spiro atoms. The van der Waals surface area contributed by atoms with Crippen LogP contribution in [0.3, 0.4) is 0 Å². The Morgan fingerprint density at radius 1 is 1.50 bits per heavy atom. The van der Waals surface area contributed by atoms with Crippen LogP contribution in [0.4, 0.5) is 0 Å². The van der Waals surface area contributed by atoms with Crippen molar-refractivity contribution in [1.82, 2.24) is 4.31 Å². The van der Waals surface area contributed by atoms with Gasteiger partial charge in [-0.1, -0.05) is 12.8 Å². The van der Waals surface area contributed by atoms with Gasteiger partial charge in [-0.25, -0.2) is 8.42 Å². The summed E-state index contributed by atoms with van der Waals surface area (Å²) in [7, 11) is -3.16. The predicted octanol–water partition coefficient (Wildman–Crippen LogP) is 0.680. The molecule has 0 aliphatic carbocycles. The Balaban J connectivity index is 4.64. The summed E-state index contributed by atoms with van der Waals surface area (Å²) in [4.78, 5) is 0. The molecule has 0 bridgehead atoms. The SMILES string of the molecule is C#CCN(CC)S(=O)(=O)C(C)C. The van der Waals surface area contributed by atoms with E-state index < -0.39 is 15.3 Å². The van der Waals surface area contributed by atoms with Gasteiger partial charge in [0.15, 0.2) is 0 Å². The molecule has 0 fully saturated rings. The lowest BCUT2D eigenvalue weighted by molar-refractivity contribution is 0.457. The fraction of sp³-hybridized carbons (Fsp3) is 0.750. The molecule has 0 aliphatic rings. The summed E-state index contributed by atoms with van der Waals surface area (Å²) < 4.78 is 24.3. The van der Waals surface area contributed by atoms with Gasteiger partial charge < -0.3 is 0 Å². The summed E-state index contributed by atoms with van der Waals surface area (Å²) in [6, 6.07) is 0. The standard InChI is InChI=1S/C8H15NO2S/c1-5-7-9(6-2)12(10,11)8(3)4/h1,8H,6-7H2,2-4H3. The van der Waals surface area contributed by atoms with Gasteiger partial charge >= 0.3 is 0 Å². The van der Waals surface area contributed by atoms with E-state index in [0.717, 1.165) is 0 Å². The van der Waals surface area contributed by atoms with Gasteiger partial charge in [-0.05, 0) is 13.8 Å². The van der Waals surface area contributed by atoms with Gasteiger partial charge in [-0.3, -0.25) is 0 Å². The highest BCUT2D eigenvalue weighted by atomic mass is 32.2. The quantitative estimate of drug-likeness (QED) is 0.610. The normalized spacial score (nSPS) is 12.0. The molecule has 12 heavy (non-hydrogen) atoms. The lowest BCUT2D eigenvalue weighted by Crippen LogP contribution is -2.36. The van der Waals surface area contributed by atoms with Crippen LogP contribution in [0.1, 0.15) is 20.8 Å². The Kier molecular flexibility index (Phi) is 4.29. The maximum absolute atomic E-state index is 11.5. The van der Waals surface area contributed by atoms with Crippen molar-refractivity contribution in [2.45, 2.75) is 26.0 Å². The van der Waals surface area contributed by atoms with E-state index in [-0.39, 0.29) is 6.54 Å². The van der Waals surface area contributed by atoms with E-state index in [1.165, 1.54) is 4.31 Å². The average molecular weight is 189 g/mol. The summed E-state index contributed by atoms with van der Waals surface area (Å²) >= 11 is 0. The van der Waals surface area contributed by atoms with Crippen LogP contribution in [0.25, 0.3) is 0 Å². The van der Waals surface area contributed by atoms with Crippen LogP contribution in [0, 0.1) is 12.3 Å². The van der Waals surface area contributed by atoms with Crippen molar-refractivity contribution >= 4 is 10.0 Å². The zero-order chi connectivity index (χ0) is 9.78. The van der Waals surface area contributed by atoms with E-state index in [1.54, 1.807) is 20.8 Å². The second-order valence-corrected chi connectivity index (χ2v) is 5.21. The summed E-state index contributed by atoms with van der Waals surface area (Å²) in [5, 5.41) is -0.397. The van der Waals surface area contributed by atoms with Crippen molar-refractivity contribution in [2.75, 3.05) is 13.1 Å². The summed E-state index contributed by atoms with van der Waals surface area (Å²) in [5.41, 5.74) is 0. The van der Waals surface area contributed by atoms with E-state index in [9.17, 15) is 8.42 Å². The topological polar surface area (TPSA) is 37.4 Å². The number of terminal acetylenes is 1. The maximum atomic E-state index is 11.5. The Labute approximate surface area is 74.8 Å². The van der Waals surface area contributed by atoms with Gasteiger partial charge in [-0.15, -0.1) is 6.42 Å². The zero-order valence-corrected chi connectivity index (χ0v) is 8.56. The molecule has 0 aromatic carbocycles. The van der Waals surface area contributed by atoms with E-state index in [0.29, 0.717) is 6.54 Å². The van der Waals surface area contributed by atoms with Crippen molar-refractivity contribution in [3.63, 3.8) is 0 Å². The molecule has 0 amide bonds. The number of nitrogens with zero attached hydrogens (tertiary/aromatic N) is 1. The molecule has 0 rings (SSSR count). The second kappa shape index (κ2) is 4.48. The number of rotatable bonds is 4. The lowest BCUT2D eigenvalue weighted by atomic mass is 10.6. The maximum Gasteiger partial charge on any atom is 0.217 e. The highest BCUT2D eigenvalue weighted by molar-refractivity contribution is 7.89. The second-order valence-electron chi connectivity index (χ2n) is 2.72. The first kappa shape index (κ1) is 11.5. The van der Waals surface area contributed by atoms with Gasteiger partial charge in [-0.2, -0.15) is 4.31 Å². The Morgan fingerprint density at radius 2 is 2.00 bits per heavy atom. The molecular formula is C8H15NO2S. The first-order valence-corrected chi connectivity index (χ1v) is 5.39. The van der Waals surface area contributed by atoms with Crippen LogP contribution < -0.4 is 0 Å². The minimum atomic E-state index is -3.16. The summed E-state index contributed by atoms with van der Waals surface area (Å²) in [6.07, 6.45) is 5.05. The molecule has 0 radical (unpaired) electrons. The van der Waals surface area contributed by atoms with Crippen LogP contribution >= 0.6 is 0 Å².